The van der Waals surface area contributed by atoms with Crippen LogP contribution < -0.4 is 4.74 Å². The van der Waals surface area contributed by atoms with Gasteiger partial charge in [0, 0.05) is 30.3 Å². The summed E-state index contributed by atoms with van der Waals surface area (Å²) in [5.74, 6) is -0.476. The van der Waals surface area contributed by atoms with Gasteiger partial charge in [0.1, 0.15) is 29.3 Å². The zero-order valence-electron chi connectivity index (χ0n) is 21.5. The van der Waals surface area contributed by atoms with E-state index in [0.717, 1.165) is 18.6 Å². The number of benzene rings is 1. The molecule has 212 valence electrons. The van der Waals surface area contributed by atoms with Gasteiger partial charge < -0.3 is 18.9 Å². The monoisotopic (exact) mass is 587 g/mol. The molecule has 3 aromatic heterocycles. The Balaban J connectivity index is 1.27. The number of aromatic nitrogens is 5. The number of nitrogens with zero attached hydrogens (tertiary/aromatic N) is 7. The van der Waals surface area contributed by atoms with Crippen molar-refractivity contribution < 1.29 is 27.0 Å². The lowest BCUT2D eigenvalue weighted by Gasteiger charge is -2.30. The molecule has 9 nitrogen and oxygen atoms in total. The van der Waals surface area contributed by atoms with Gasteiger partial charge in [-0.3, -0.25) is 4.90 Å². The molecule has 5 heterocycles. The average molecular weight is 588 g/mol. The highest BCUT2D eigenvalue weighted by Crippen LogP contribution is 2.38. The molecular weight excluding hydrogens is 566 g/mol. The van der Waals surface area contributed by atoms with E-state index in [2.05, 4.69) is 20.0 Å². The molecule has 1 atom stereocenters. The van der Waals surface area contributed by atoms with E-state index in [4.69, 9.17) is 32.6 Å². The predicted molar refractivity (Wildman–Crippen MR) is 139 cm³/mol. The lowest BCUT2D eigenvalue weighted by Crippen LogP contribution is -2.34. The van der Waals surface area contributed by atoms with Crippen LogP contribution in [0, 0.1) is 12.4 Å². The summed E-state index contributed by atoms with van der Waals surface area (Å²) in [5, 5.41) is 8.32. The third-order valence-electron chi connectivity index (χ3n) is 7.13. The molecule has 0 amide bonds. The maximum Gasteiger partial charge on any atom is 0.421 e. The fourth-order valence-electron chi connectivity index (χ4n) is 4.89. The van der Waals surface area contributed by atoms with Crippen molar-refractivity contribution in [3.05, 3.63) is 80.8 Å². The van der Waals surface area contributed by atoms with Crippen LogP contribution in [0.25, 0.3) is 16.0 Å². The highest BCUT2D eigenvalue weighted by Gasteiger charge is 2.37. The van der Waals surface area contributed by atoms with Gasteiger partial charge in [-0.2, -0.15) is 13.2 Å². The lowest BCUT2D eigenvalue weighted by molar-refractivity contribution is -0.139. The zero-order valence-corrected chi connectivity index (χ0v) is 22.2. The Morgan fingerprint density at radius 3 is 2.71 bits per heavy atom. The SMILES string of the molecule is [C-]#[N+]c1cc2nc(CN3CCc4cc(C(F)(F)F)c(OCc5ccc(Cl)cc5F)nc4C3)n(C[C@@H]3CCO3)c2nn1. The smallest absolute Gasteiger partial charge is 0.421 e. The fraction of sp³-hybridized carbons (Fsp3) is 0.370. The zero-order chi connectivity index (χ0) is 28.7. The van der Waals surface area contributed by atoms with E-state index in [1.54, 1.807) is 6.07 Å². The van der Waals surface area contributed by atoms with Gasteiger partial charge >= 0.3 is 6.18 Å². The topological polar surface area (TPSA) is 82.5 Å². The molecule has 14 heteroatoms. The van der Waals surface area contributed by atoms with E-state index in [1.165, 1.54) is 12.1 Å². The molecule has 0 radical (unpaired) electrons. The Kier molecular flexibility index (Phi) is 7.23. The third kappa shape index (κ3) is 5.68. The van der Waals surface area contributed by atoms with Gasteiger partial charge in [0.15, 0.2) is 0 Å². The van der Waals surface area contributed by atoms with E-state index in [9.17, 15) is 17.6 Å². The van der Waals surface area contributed by atoms with Gasteiger partial charge in [-0.15, -0.1) is 0 Å². The van der Waals surface area contributed by atoms with Crippen LogP contribution in [0.1, 0.15) is 34.6 Å². The van der Waals surface area contributed by atoms with Crippen LogP contribution in [0.3, 0.4) is 0 Å². The largest absolute Gasteiger partial charge is 0.472 e. The first-order chi connectivity index (χ1) is 19.7. The number of rotatable bonds is 7. The second-order valence-electron chi connectivity index (χ2n) is 9.87. The van der Waals surface area contributed by atoms with Crippen LogP contribution in [-0.2, 0) is 43.6 Å². The first kappa shape index (κ1) is 27.3. The summed E-state index contributed by atoms with van der Waals surface area (Å²) < 4.78 is 68.9. The summed E-state index contributed by atoms with van der Waals surface area (Å²) in [7, 11) is 0. The molecule has 0 spiro atoms. The van der Waals surface area contributed by atoms with Gasteiger partial charge in [0.05, 0.1) is 24.9 Å². The summed E-state index contributed by atoms with van der Waals surface area (Å²) in [6.45, 7) is 9.08. The molecule has 6 rings (SSSR count). The number of imidazole rings is 1. The number of halogens is 5. The van der Waals surface area contributed by atoms with Crippen LogP contribution >= 0.6 is 11.6 Å². The quantitative estimate of drug-likeness (QED) is 0.208. The maximum absolute atomic E-state index is 14.2. The Bertz CT molecular complexity index is 1670. The van der Waals surface area contributed by atoms with Crippen LogP contribution in [0.2, 0.25) is 5.02 Å². The van der Waals surface area contributed by atoms with E-state index in [-0.39, 0.29) is 29.1 Å². The summed E-state index contributed by atoms with van der Waals surface area (Å²) in [6, 6.07) is 6.51. The Morgan fingerprint density at radius 1 is 1.17 bits per heavy atom. The van der Waals surface area contributed by atoms with Crippen molar-refractivity contribution in [1.29, 1.82) is 0 Å². The Labute approximate surface area is 236 Å². The summed E-state index contributed by atoms with van der Waals surface area (Å²) in [4.78, 5) is 14.3. The van der Waals surface area contributed by atoms with Crippen molar-refractivity contribution in [3.8, 4) is 5.88 Å². The molecule has 1 fully saturated rings. The molecule has 2 aliphatic rings. The third-order valence-corrected chi connectivity index (χ3v) is 7.36. The van der Waals surface area contributed by atoms with Crippen molar-refractivity contribution in [2.24, 2.45) is 0 Å². The number of hydrogen-bond donors (Lipinski definition) is 0. The molecule has 41 heavy (non-hydrogen) atoms. The minimum Gasteiger partial charge on any atom is -0.472 e. The summed E-state index contributed by atoms with van der Waals surface area (Å²) in [5.41, 5.74) is 1.05. The number of pyridine rings is 1. The van der Waals surface area contributed by atoms with Crippen molar-refractivity contribution in [2.45, 2.75) is 51.4 Å². The second-order valence-corrected chi connectivity index (χ2v) is 10.3. The Hall–Kier alpha value is -3.86. The summed E-state index contributed by atoms with van der Waals surface area (Å²) >= 11 is 5.77. The predicted octanol–water partition coefficient (Wildman–Crippen LogP) is 5.51. The second kappa shape index (κ2) is 10.8. The van der Waals surface area contributed by atoms with Crippen molar-refractivity contribution in [3.63, 3.8) is 0 Å². The number of fused-ring (bicyclic) bond motifs is 2. The van der Waals surface area contributed by atoms with Gasteiger partial charge in [0.2, 0.25) is 11.5 Å². The molecule has 4 aromatic rings. The number of ether oxygens (including phenoxy) is 2. The van der Waals surface area contributed by atoms with E-state index in [0.29, 0.717) is 60.9 Å². The fourth-order valence-corrected chi connectivity index (χ4v) is 5.05. The minimum absolute atomic E-state index is 0.0169. The Morgan fingerprint density at radius 2 is 2.00 bits per heavy atom. The molecular formula is C27H22ClF4N7O2. The lowest BCUT2D eigenvalue weighted by atomic mass is 10.0. The number of alkyl halides is 3. The standard InChI is InChI=1S/C27H22ClF4N7O2/c1-33-23-10-21-25(37-36-23)39(11-18-5-7-40-18)24(34-21)13-38-6-4-15-8-19(27(30,31)32)26(35-22(15)12-38)41-14-16-2-3-17(28)9-20(16)29/h2-3,8-10,18H,4-7,11-14H2/t18-/m0/s1. The van der Waals surface area contributed by atoms with Crippen molar-refractivity contribution in [1.82, 2.24) is 29.6 Å². The molecule has 1 aromatic carbocycles. The highest BCUT2D eigenvalue weighted by molar-refractivity contribution is 6.30. The van der Waals surface area contributed by atoms with Crippen LogP contribution in [-0.4, -0.2) is 48.9 Å². The molecule has 0 bridgehead atoms. The van der Waals surface area contributed by atoms with Crippen molar-refractivity contribution >= 4 is 28.6 Å². The molecule has 0 aliphatic carbocycles. The first-order valence-electron chi connectivity index (χ1n) is 12.8. The molecule has 1 saturated heterocycles. The first-order valence-corrected chi connectivity index (χ1v) is 13.2. The van der Waals surface area contributed by atoms with Gasteiger partial charge in [-0.25, -0.2) is 14.4 Å². The minimum atomic E-state index is -4.70. The van der Waals surface area contributed by atoms with Crippen LogP contribution in [0.5, 0.6) is 5.88 Å². The number of hydrogen-bond acceptors (Lipinski definition) is 7. The summed E-state index contributed by atoms with van der Waals surface area (Å²) in [6.07, 6.45) is -3.45. The van der Waals surface area contributed by atoms with Gasteiger partial charge in [-0.1, -0.05) is 24.2 Å². The maximum atomic E-state index is 14.2. The molecule has 2 aliphatic heterocycles. The van der Waals surface area contributed by atoms with Gasteiger partial charge in [0.25, 0.3) is 5.82 Å². The van der Waals surface area contributed by atoms with Crippen molar-refractivity contribution in [2.75, 3.05) is 13.2 Å². The van der Waals surface area contributed by atoms with E-state index in [1.807, 2.05) is 9.47 Å². The molecule has 0 unspecified atom stereocenters. The molecule has 0 N–H and O–H groups in total. The van der Waals surface area contributed by atoms with E-state index < -0.39 is 30.0 Å². The van der Waals surface area contributed by atoms with E-state index >= 15 is 0 Å². The molecule has 0 saturated carbocycles. The van der Waals surface area contributed by atoms with Crippen LogP contribution in [0.4, 0.5) is 23.4 Å². The highest BCUT2D eigenvalue weighted by atomic mass is 35.5. The average Bonchev–Trinajstić information content (AvgIpc) is 3.24. The van der Waals surface area contributed by atoms with Gasteiger partial charge in [-0.05, 0) is 52.9 Å². The van der Waals surface area contributed by atoms with Crippen LogP contribution in [0.15, 0.2) is 30.3 Å². The normalized spacial score (nSPS) is 17.2.